The van der Waals surface area contributed by atoms with Gasteiger partial charge >= 0.3 is 0 Å². The van der Waals surface area contributed by atoms with E-state index >= 15 is 0 Å². The first-order valence-electron chi connectivity index (χ1n) is 6.67. The molecule has 2 aliphatic carbocycles. The van der Waals surface area contributed by atoms with Crippen LogP contribution in [-0.2, 0) is 0 Å². The van der Waals surface area contributed by atoms with E-state index in [9.17, 15) is 0 Å². The normalized spacial score (nSPS) is 28.7. The number of fused-ring (bicyclic) bond motifs is 2. The van der Waals surface area contributed by atoms with Crippen LogP contribution in [0.15, 0.2) is 16.7 Å². The lowest BCUT2D eigenvalue weighted by molar-refractivity contribution is 0.372. The summed E-state index contributed by atoms with van der Waals surface area (Å²) in [6.07, 6.45) is 5.25. The van der Waals surface area contributed by atoms with Crippen molar-refractivity contribution in [1.29, 1.82) is 5.26 Å². The molecule has 0 saturated heterocycles. The molecule has 2 aliphatic rings. The van der Waals surface area contributed by atoms with E-state index in [0.717, 1.165) is 22.5 Å². The SMILES string of the molecule is N#Cc1ccc(-c2nc(C3CC4CCC3C4)no2)s1. The average Bonchev–Trinajstić information content (AvgIpc) is 3.19. The summed E-state index contributed by atoms with van der Waals surface area (Å²) in [7, 11) is 0. The lowest BCUT2D eigenvalue weighted by Gasteiger charge is -2.17. The molecule has 2 heterocycles. The number of nitriles is 1. The van der Waals surface area contributed by atoms with Crippen molar-refractivity contribution in [2.24, 2.45) is 11.8 Å². The van der Waals surface area contributed by atoms with Gasteiger partial charge in [0.25, 0.3) is 5.89 Å². The van der Waals surface area contributed by atoms with Gasteiger partial charge in [0, 0.05) is 5.92 Å². The molecule has 3 unspecified atom stereocenters. The van der Waals surface area contributed by atoms with Crippen molar-refractivity contribution in [1.82, 2.24) is 10.1 Å². The van der Waals surface area contributed by atoms with Gasteiger partial charge in [0.05, 0.1) is 4.88 Å². The number of aromatic nitrogens is 2. The molecule has 0 amide bonds. The number of nitrogens with zero attached hydrogens (tertiary/aromatic N) is 3. The molecule has 0 aromatic carbocycles. The Hall–Kier alpha value is -1.67. The molecule has 2 bridgehead atoms. The summed E-state index contributed by atoms with van der Waals surface area (Å²) < 4.78 is 5.37. The standard InChI is InChI=1S/C14H13N3OS/c15-7-10-3-4-12(19-10)14-16-13(17-18-14)11-6-8-1-2-9(11)5-8/h3-4,8-9,11H,1-2,5-6H2. The average molecular weight is 271 g/mol. The molecule has 2 saturated carbocycles. The zero-order chi connectivity index (χ0) is 12.8. The van der Waals surface area contributed by atoms with Gasteiger partial charge in [-0.05, 0) is 43.2 Å². The van der Waals surface area contributed by atoms with E-state index in [0.29, 0.717) is 16.7 Å². The van der Waals surface area contributed by atoms with Crippen molar-refractivity contribution in [2.45, 2.75) is 31.6 Å². The molecule has 3 atom stereocenters. The van der Waals surface area contributed by atoms with Gasteiger partial charge in [-0.25, -0.2) is 0 Å². The van der Waals surface area contributed by atoms with Crippen LogP contribution < -0.4 is 0 Å². The Morgan fingerprint density at radius 1 is 1.32 bits per heavy atom. The Balaban J connectivity index is 1.61. The van der Waals surface area contributed by atoms with Gasteiger partial charge in [-0.1, -0.05) is 11.6 Å². The molecule has 2 aromatic rings. The third kappa shape index (κ3) is 1.79. The zero-order valence-corrected chi connectivity index (χ0v) is 11.2. The summed E-state index contributed by atoms with van der Waals surface area (Å²) >= 11 is 1.40. The van der Waals surface area contributed by atoms with Crippen LogP contribution >= 0.6 is 11.3 Å². The Labute approximate surface area is 115 Å². The predicted octanol–water partition coefficient (Wildman–Crippen LogP) is 3.57. The fourth-order valence-electron chi connectivity index (χ4n) is 3.56. The molecule has 0 radical (unpaired) electrons. The van der Waals surface area contributed by atoms with E-state index in [1.807, 2.05) is 6.07 Å². The van der Waals surface area contributed by atoms with Gasteiger partial charge in [0.1, 0.15) is 10.9 Å². The summed E-state index contributed by atoms with van der Waals surface area (Å²) in [5.74, 6) is 3.56. The molecule has 4 rings (SSSR count). The Bertz CT molecular complexity index is 654. The highest BCUT2D eigenvalue weighted by molar-refractivity contribution is 7.15. The molecule has 2 fully saturated rings. The highest BCUT2D eigenvalue weighted by Crippen LogP contribution is 2.52. The van der Waals surface area contributed by atoms with Crippen LogP contribution in [0.2, 0.25) is 0 Å². The molecule has 96 valence electrons. The summed E-state index contributed by atoms with van der Waals surface area (Å²) in [4.78, 5) is 6.12. The monoisotopic (exact) mass is 271 g/mol. The van der Waals surface area contributed by atoms with Crippen LogP contribution in [0.5, 0.6) is 0 Å². The Morgan fingerprint density at radius 2 is 2.26 bits per heavy atom. The second kappa shape index (κ2) is 4.17. The van der Waals surface area contributed by atoms with Crippen LogP contribution in [0.3, 0.4) is 0 Å². The largest absolute Gasteiger partial charge is 0.333 e. The molecule has 5 heteroatoms. The van der Waals surface area contributed by atoms with Crippen LogP contribution in [0.1, 0.15) is 42.3 Å². The van der Waals surface area contributed by atoms with Crippen LogP contribution in [0.4, 0.5) is 0 Å². The number of hydrogen-bond donors (Lipinski definition) is 0. The lowest BCUT2D eigenvalue weighted by atomic mass is 9.88. The second-order valence-electron chi connectivity index (χ2n) is 5.51. The van der Waals surface area contributed by atoms with E-state index < -0.39 is 0 Å². The highest BCUT2D eigenvalue weighted by Gasteiger charge is 2.42. The lowest BCUT2D eigenvalue weighted by Crippen LogP contribution is -2.09. The maximum absolute atomic E-state index is 8.84. The fraction of sp³-hybridized carbons (Fsp3) is 0.500. The Kier molecular flexibility index (Phi) is 2.46. The van der Waals surface area contributed by atoms with Crippen molar-refractivity contribution in [3.05, 3.63) is 22.8 Å². The summed E-state index contributed by atoms with van der Waals surface area (Å²) in [6.45, 7) is 0. The van der Waals surface area contributed by atoms with E-state index in [2.05, 4.69) is 16.2 Å². The van der Waals surface area contributed by atoms with Gasteiger partial charge in [0.15, 0.2) is 5.82 Å². The molecule has 0 spiro atoms. The minimum absolute atomic E-state index is 0.492. The maximum Gasteiger partial charge on any atom is 0.268 e. The third-order valence-corrected chi connectivity index (χ3v) is 5.42. The Morgan fingerprint density at radius 3 is 2.95 bits per heavy atom. The van der Waals surface area contributed by atoms with Crippen molar-refractivity contribution in [3.63, 3.8) is 0 Å². The first kappa shape index (κ1) is 11.2. The molecule has 2 aromatic heterocycles. The summed E-state index contributed by atoms with van der Waals surface area (Å²) in [6, 6.07) is 5.80. The smallest absolute Gasteiger partial charge is 0.268 e. The minimum atomic E-state index is 0.492. The van der Waals surface area contributed by atoms with Crippen molar-refractivity contribution in [2.75, 3.05) is 0 Å². The molecular formula is C14H13N3OS. The summed E-state index contributed by atoms with van der Waals surface area (Å²) in [5, 5.41) is 13.0. The van der Waals surface area contributed by atoms with Gasteiger partial charge in [-0.15, -0.1) is 11.3 Å². The van der Waals surface area contributed by atoms with Gasteiger partial charge in [-0.3, -0.25) is 0 Å². The first-order chi connectivity index (χ1) is 9.33. The van der Waals surface area contributed by atoms with Crippen molar-refractivity contribution in [3.8, 4) is 16.8 Å². The number of rotatable bonds is 2. The number of hydrogen-bond acceptors (Lipinski definition) is 5. The number of thiophene rings is 1. The van der Waals surface area contributed by atoms with E-state index in [4.69, 9.17) is 9.78 Å². The van der Waals surface area contributed by atoms with Crippen molar-refractivity contribution >= 4 is 11.3 Å². The zero-order valence-electron chi connectivity index (χ0n) is 10.4. The van der Waals surface area contributed by atoms with E-state index in [1.54, 1.807) is 6.07 Å². The second-order valence-corrected chi connectivity index (χ2v) is 6.60. The quantitative estimate of drug-likeness (QED) is 0.837. The third-order valence-electron chi connectivity index (χ3n) is 4.44. The molecular weight excluding hydrogens is 258 g/mol. The van der Waals surface area contributed by atoms with E-state index in [-0.39, 0.29) is 0 Å². The van der Waals surface area contributed by atoms with Crippen LogP contribution in [0, 0.1) is 23.2 Å². The molecule has 4 nitrogen and oxygen atoms in total. The van der Waals surface area contributed by atoms with Crippen molar-refractivity contribution < 1.29 is 4.52 Å². The minimum Gasteiger partial charge on any atom is -0.333 e. The molecule has 0 aliphatic heterocycles. The van der Waals surface area contributed by atoms with Crippen LogP contribution in [-0.4, -0.2) is 10.1 Å². The van der Waals surface area contributed by atoms with Gasteiger partial charge < -0.3 is 4.52 Å². The molecule has 0 N–H and O–H groups in total. The van der Waals surface area contributed by atoms with Gasteiger partial charge in [-0.2, -0.15) is 10.2 Å². The van der Waals surface area contributed by atoms with Crippen LogP contribution in [0.25, 0.3) is 10.8 Å². The highest BCUT2D eigenvalue weighted by atomic mass is 32.1. The first-order valence-corrected chi connectivity index (χ1v) is 7.49. The maximum atomic E-state index is 8.84. The predicted molar refractivity (Wildman–Crippen MR) is 70.5 cm³/mol. The van der Waals surface area contributed by atoms with E-state index in [1.165, 1.54) is 37.0 Å². The topological polar surface area (TPSA) is 62.7 Å². The fourth-order valence-corrected chi connectivity index (χ4v) is 4.28. The summed E-state index contributed by atoms with van der Waals surface area (Å²) in [5.41, 5.74) is 0. The van der Waals surface area contributed by atoms with Gasteiger partial charge in [0.2, 0.25) is 0 Å². The molecule has 19 heavy (non-hydrogen) atoms.